The van der Waals surface area contributed by atoms with Gasteiger partial charge in [-0.3, -0.25) is 15.0 Å². The molecule has 2 rings (SSSR count). The number of nitrogens with one attached hydrogen (secondary N) is 1. The topological polar surface area (TPSA) is 80.5 Å². The number of ether oxygens (including phenoxy) is 1. The van der Waals surface area contributed by atoms with Crippen LogP contribution in [0.25, 0.3) is 0 Å². The van der Waals surface area contributed by atoms with E-state index < -0.39 is 0 Å². The van der Waals surface area contributed by atoms with E-state index >= 15 is 0 Å². The Balaban J connectivity index is 1.69. The fourth-order valence-electron chi connectivity index (χ4n) is 2.16. The van der Waals surface area contributed by atoms with Crippen molar-refractivity contribution in [1.29, 1.82) is 0 Å². The number of anilines is 1. The standard InChI is InChI=1S/C13H20N4O3/c18-17(19)11-12-2-4-15-13(10-12)14-3-1-5-16-6-8-20-9-7-16/h2,4,10H,1,3,5-9,11H2,(H,14,15). The minimum absolute atomic E-state index is 0.162. The first-order chi connectivity index (χ1) is 9.74. The van der Waals surface area contributed by atoms with E-state index in [1.165, 1.54) is 0 Å². The number of morpholine rings is 1. The van der Waals surface area contributed by atoms with Crippen LogP contribution >= 0.6 is 0 Å². The molecule has 0 amide bonds. The summed E-state index contributed by atoms with van der Waals surface area (Å²) in [6.07, 6.45) is 2.62. The van der Waals surface area contributed by atoms with Crippen LogP contribution in [0, 0.1) is 10.1 Å². The maximum absolute atomic E-state index is 10.5. The van der Waals surface area contributed by atoms with Crippen LogP contribution in [0.1, 0.15) is 12.0 Å². The third-order valence-corrected chi connectivity index (χ3v) is 3.20. The van der Waals surface area contributed by atoms with Crippen molar-refractivity contribution in [2.24, 2.45) is 0 Å². The number of hydrogen-bond acceptors (Lipinski definition) is 6. The van der Waals surface area contributed by atoms with E-state index in [1.54, 1.807) is 18.3 Å². The number of nitrogens with zero attached hydrogens (tertiary/aromatic N) is 3. The first-order valence-electron chi connectivity index (χ1n) is 6.85. The Morgan fingerprint density at radius 3 is 3.00 bits per heavy atom. The SMILES string of the molecule is O=[N+]([O-])Cc1ccnc(NCCCN2CCOCC2)c1. The van der Waals surface area contributed by atoms with Gasteiger partial charge in [0.2, 0.25) is 6.54 Å². The zero-order valence-electron chi connectivity index (χ0n) is 11.5. The largest absolute Gasteiger partial charge is 0.379 e. The van der Waals surface area contributed by atoms with Crippen molar-refractivity contribution in [2.75, 3.05) is 44.7 Å². The Morgan fingerprint density at radius 2 is 2.25 bits per heavy atom. The van der Waals surface area contributed by atoms with Gasteiger partial charge in [-0.1, -0.05) is 0 Å². The molecule has 1 fully saturated rings. The van der Waals surface area contributed by atoms with Gasteiger partial charge >= 0.3 is 0 Å². The summed E-state index contributed by atoms with van der Waals surface area (Å²) < 4.78 is 5.30. The summed E-state index contributed by atoms with van der Waals surface area (Å²) in [5, 5.41) is 13.7. The molecular weight excluding hydrogens is 260 g/mol. The zero-order chi connectivity index (χ0) is 14.2. The van der Waals surface area contributed by atoms with Gasteiger partial charge in [0.1, 0.15) is 5.82 Å². The van der Waals surface area contributed by atoms with Gasteiger partial charge < -0.3 is 10.1 Å². The van der Waals surface area contributed by atoms with Crippen LogP contribution in [0.5, 0.6) is 0 Å². The number of nitro groups is 1. The van der Waals surface area contributed by atoms with Crippen LogP contribution in [0.4, 0.5) is 5.82 Å². The highest BCUT2D eigenvalue weighted by molar-refractivity contribution is 5.37. The Hall–Kier alpha value is -1.73. The van der Waals surface area contributed by atoms with E-state index in [9.17, 15) is 10.1 Å². The Bertz CT molecular complexity index is 435. The van der Waals surface area contributed by atoms with Crippen molar-refractivity contribution in [1.82, 2.24) is 9.88 Å². The van der Waals surface area contributed by atoms with Crippen molar-refractivity contribution in [3.8, 4) is 0 Å². The van der Waals surface area contributed by atoms with Crippen molar-refractivity contribution < 1.29 is 9.66 Å². The molecule has 0 spiro atoms. The van der Waals surface area contributed by atoms with Crippen molar-refractivity contribution in [3.05, 3.63) is 34.0 Å². The highest BCUT2D eigenvalue weighted by Crippen LogP contribution is 2.08. The summed E-state index contributed by atoms with van der Waals surface area (Å²) in [6, 6.07) is 3.40. The maximum atomic E-state index is 10.5. The molecule has 1 aliphatic rings. The number of hydrogen-bond donors (Lipinski definition) is 1. The third kappa shape index (κ3) is 5.10. The second kappa shape index (κ2) is 7.76. The monoisotopic (exact) mass is 280 g/mol. The van der Waals surface area contributed by atoms with Gasteiger partial charge in [0.25, 0.3) is 0 Å². The molecule has 7 nitrogen and oxygen atoms in total. The molecule has 0 radical (unpaired) electrons. The predicted molar refractivity (Wildman–Crippen MR) is 75.3 cm³/mol. The molecule has 1 aliphatic heterocycles. The lowest BCUT2D eigenvalue weighted by Crippen LogP contribution is -2.37. The molecule has 0 bridgehead atoms. The van der Waals surface area contributed by atoms with Gasteiger partial charge in [0, 0.05) is 36.3 Å². The van der Waals surface area contributed by atoms with E-state index in [-0.39, 0.29) is 11.5 Å². The van der Waals surface area contributed by atoms with Gasteiger partial charge in [-0.25, -0.2) is 4.98 Å². The van der Waals surface area contributed by atoms with Crippen molar-refractivity contribution >= 4 is 5.82 Å². The van der Waals surface area contributed by atoms with E-state index in [0.717, 1.165) is 45.8 Å². The lowest BCUT2D eigenvalue weighted by Gasteiger charge is -2.26. The molecule has 0 saturated carbocycles. The van der Waals surface area contributed by atoms with Crippen molar-refractivity contribution in [2.45, 2.75) is 13.0 Å². The summed E-state index contributed by atoms with van der Waals surface area (Å²) >= 11 is 0. The normalized spacial score (nSPS) is 16.0. The molecule has 0 unspecified atom stereocenters. The highest BCUT2D eigenvalue weighted by Gasteiger charge is 2.09. The second-order valence-electron chi connectivity index (χ2n) is 4.77. The van der Waals surface area contributed by atoms with Gasteiger partial charge in [-0.05, 0) is 25.1 Å². The molecule has 1 aromatic heterocycles. The van der Waals surface area contributed by atoms with Gasteiger partial charge in [-0.2, -0.15) is 0 Å². The average molecular weight is 280 g/mol. The maximum Gasteiger partial charge on any atom is 0.229 e. The molecule has 7 heteroatoms. The molecule has 0 atom stereocenters. The van der Waals surface area contributed by atoms with Crippen LogP contribution in [0.15, 0.2) is 18.3 Å². The molecule has 0 aromatic carbocycles. The summed E-state index contributed by atoms with van der Waals surface area (Å²) in [5.41, 5.74) is 0.667. The molecule has 20 heavy (non-hydrogen) atoms. The molecule has 2 heterocycles. The number of rotatable bonds is 7. The van der Waals surface area contributed by atoms with Crippen molar-refractivity contribution in [3.63, 3.8) is 0 Å². The molecule has 1 saturated heterocycles. The average Bonchev–Trinajstić information content (AvgIpc) is 2.44. The van der Waals surface area contributed by atoms with E-state index in [1.807, 2.05) is 0 Å². The minimum atomic E-state index is -0.336. The first-order valence-corrected chi connectivity index (χ1v) is 6.85. The van der Waals surface area contributed by atoms with Crippen LogP contribution in [0.2, 0.25) is 0 Å². The highest BCUT2D eigenvalue weighted by atomic mass is 16.6. The molecule has 110 valence electrons. The van der Waals surface area contributed by atoms with Gasteiger partial charge in [-0.15, -0.1) is 0 Å². The Morgan fingerprint density at radius 1 is 1.45 bits per heavy atom. The first kappa shape index (κ1) is 14.7. The fourth-order valence-corrected chi connectivity index (χ4v) is 2.16. The smallest absolute Gasteiger partial charge is 0.229 e. The summed E-state index contributed by atoms with van der Waals surface area (Å²) in [6.45, 7) is 5.31. The quantitative estimate of drug-likeness (QED) is 0.456. The molecular formula is C13H20N4O3. The third-order valence-electron chi connectivity index (χ3n) is 3.20. The summed E-state index contributed by atoms with van der Waals surface area (Å²) in [4.78, 5) is 16.7. The molecule has 0 aliphatic carbocycles. The summed E-state index contributed by atoms with van der Waals surface area (Å²) in [5.74, 6) is 0.700. The predicted octanol–water partition coefficient (Wildman–Crippen LogP) is 0.992. The second-order valence-corrected chi connectivity index (χ2v) is 4.77. The lowest BCUT2D eigenvalue weighted by molar-refractivity contribution is -0.496. The fraction of sp³-hybridized carbons (Fsp3) is 0.615. The van der Waals surface area contributed by atoms with Gasteiger partial charge in [0.15, 0.2) is 0 Å². The van der Waals surface area contributed by atoms with Gasteiger partial charge in [0.05, 0.1) is 13.2 Å². The Labute approximate surface area is 118 Å². The van der Waals surface area contributed by atoms with Crippen LogP contribution in [-0.4, -0.2) is 54.2 Å². The molecule has 1 N–H and O–H groups in total. The number of pyridine rings is 1. The van der Waals surface area contributed by atoms with Crippen LogP contribution in [0.3, 0.4) is 0 Å². The summed E-state index contributed by atoms with van der Waals surface area (Å²) in [7, 11) is 0. The molecule has 1 aromatic rings. The lowest BCUT2D eigenvalue weighted by atomic mass is 10.2. The van der Waals surface area contributed by atoms with Crippen LogP contribution < -0.4 is 5.32 Å². The minimum Gasteiger partial charge on any atom is -0.379 e. The van der Waals surface area contributed by atoms with E-state index in [2.05, 4.69) is 15.2 Å². The Kier molecular flexibility index (Phi) is 5.69. The number of aromatic nitrogens is 1. The van der Waals surface area contributed by atoms with Crippen LogP contribution in [-0.2, 0) is 11.3 Å². The zero-order valence-corrected chi connectivity index (χ0v) is 11.5. The van der Waals surface area contributed by atoms with E-state index in [0.29, 0.717) is 11.4 Å². The van der Waals surface area contributed by atoms with E-state index in [4.69, 9.17) is 4.74 Å².